The quantitative estimate of drug-likeness (QED) is 0.371. The number of rotatable bonds is 5. The molecule has 2 saturated carbocycles. The molecule has 0 aromatic heterocycles. The number of esters is 1. The van der Waals surface area contributed by atoms with Crippen molar-refractivity contribution < 1.29 is 19.0 Å². The lowest BCUT2D eigenvalue weighted by Crippen LogP contribution is -2.68. The summed E-state index contributed by atoms with van der Waals surface area (Å²) in [5.74, 6) is -0.480. The molecular formula is C31H43NO4. The molecule has 2 aliphatic carbocycles. The van der Waals surface area contributed by atoms with Crippen molar-refractivity contribution in [3.05, 3.63) is 53.6 Å². The average molecular weight is 494 g/mol. The van der Waals surface area contributed by atoms with Crippen LogP contribution >= 0.6 is 0 Å². The number of carbonyl (C=O) groups is 1. The predicted molar refractivity (Wildman–Crippen MR) is 143 cm³/mol. The zero-order valence-corrected chi connectivity index (χ0v) is 22.9. The van der Waals surface area contributed by atoms with Gasteiger partial charge >= 0.3 is 5.97 Å². The summed E-state index contributed by atoms with van der Waals surface area (Å²) in [5, 5.41) is 3.69. The van der Waals surface area contributed by atoms with Gasteiger partial charge in [-0.05, 0) is 87.8 Å². The van der Waals surface area contributed by atoms with Crippen LogP contribution < -0.4 is 5.32 Å². The number of nitrogens with one attached hydrogen (secondary N) is 1. The Kier molecular flexibility index (Phi) is 6.19. The number of cyclic esters (lactones) is 1. The van der Waals surface area contributed by atoms with Gasteiger partial charge in [0.2, 0.25) is 0 Å². The predicted octanol–water partition coefficient (Wildman–Crippen LogP) is 6.58. The lowest BCUT2D eigenvalue weighted by Gasteiger charge is -2.69. The first-order chi connectivity index (χ1) is 16.9. The van der Waals surface area contributed by atoms with E-state index in [0.29, 0.717) is 13.2 Å². The smallest absolute Gasteiger partial charge is 0.336 e. The summed E-state index contributed by atoms with van der Waals surface area (Å²) in [6.07, 6.45) is 7.10. The maximum Gasteiger partial charge on any atom is 0.336 e. The number of fused-ring (bicyclic) bond motifs is 3. The van der Waals surface area contributed by atoms with Crippen molar-refractivity contribution in [2.24, 2.45) is 22.2 Å². The van der Waals surface area contributed by atoms with Crippen LogP contribution in [-0.2, 0) is 19.0 Å². The zero-order valence-electron chi connectivity index (χ0n) is 22.9. The number of carbonyl (C=O) groups excluding carboxylic acids is 1. The molecule has 3 fully saturated rings. The van der Waals surface area contributed by atoms with E-state index in [2.05, 4.69) is 63.9 Å². The molecule has 0 amide bonds. The second-order valence-corrected chi connectivity index (χ2v) is 12.8. The molecule has 4 aliphatic rings. The number of hydrogen-bond donors (Lipinski definition) is 1. The molecule has 36 heavy (non-hydrogen) atoms. The van der Waals surface area contributed by atoms with E-state index in [1.165, 1.54) is 11.1 Å². The molecule has 0 spiro atoms. The van der Waals surface area contributed by atoms with Crippen LogP contribution in [0.4, 0.5) is 5.69 Å². The van der Waals surface area contributed by atoms with Gasteiger partial charge in [-0.3, -0.25) is 0 Å². The van der Waals surface area contributed by atoms with Gasteiger partial charge in [0.05, 0.1) is 24.3 Å². The Balaban J connectivity index is 1.48. The van der Waals surface area contributed by atoms with Crippen LogP contribution in [0.3, 0.4) is 0 Å². The molecule has 2 aliphatic heterocycles. The first-order valence-electron chi connectivity index (χ1n) is 13.6. The highest BCUT2D eigenvalue weighted by molar-refractivity contribution is 5.92. The third kappa shape index (κ3) is 3.94. The minimum absolute atomic E-state index is 0.0120. The molecule has 5 nitrogen and oxygen atoms in total. The second kappa shape index (κ2) is 8.73. The molecule has 1 aromatic carbocycles. The third-order valence-corrected chi connectivity index (χ3v) is 10.5. The van der Waals surface area contributed by atoms with Gasteiger partial charge in [0.25, 0.3) is 0 Å². The van der Waals surface area contributed by atoms with Crippen molar-refractivity contribution in [1.82, 2.24) is 0 Å². The van der Waals surface area contributed by atoms with E-state index in [4.69, 9.17) is 14.2 Å². The highest BCUT2D eigenvalue weighted by Gasteiger charge is 2.67. The molecule has 1 unspecified atom stereocenters. The minimum atomic E-state index is -0.537. The van der Waals surface area contributed by atoms with Crippen LogP contribution in [0.2, 0.25) is 0 Å². The Hall–Kier alpha value is -2.11. The largest absolute Gasteiger partial charge is 0.458 e. The fourth-order valence-electron chi connectivity index (χ4n) is 7.78. The van der Waals surface area contributed by atoms with Crippen molar-refractivity contribution in [1.29, 1.82) is 0 Å². The van der Waals surface area contributed by atoms with Gasteiger partial charge in [0.15, 0.2) is 5.79 Å². The van der Waals surface area contributed by atoms with Gasteiger partial charge in [-0.2, -0.15) is 0 Å². The summed E-state index contributed by atoms with van der Waals surface area (Å²) < 4.78 is 18.2. The molecule has 6 atom stereocenters. The standard InChI is InChI=1S/C31H43NO4/c1-20-8-10-22(11-9-20)32-25(23-14-17-34-27(23)33)18-24-21(2)12-16-31(7)29(24,5)15-13-26-30(31,6)19-35-28(3,4)36-26/h8-11,14,24-26,32H,2,12-13,15-19H2,1,3-7H3/t24-,25?,26-,29+,30-,31+/m1/s1. The van der Waals surface area contributed by atoms with Gasteiger partial charge < -0.3 is 19.5 Å². The van der Waals surface area contributed by atoms with Crippen LogP contribution in [-0.4, -0.2) is 37.1 Å². The summed E-state index contributed by atoms with van der Waals surface area (Å²) >= 11 is 0. The van der Waals surface area contributed by atoms with Gasteiger partial charge in [-0.1, -0.05) is 50.6 Å². The number of ether oxygens (including phenoxy) is 3. The highest BCUT2D eigenvalue weighted by Crippen LogP contribution is 2.70. The Morgan fingerprint density at radius 1 is 1.08 bits per heavy atom. The summed E-state index contributed by atoms with van der Waals surface area (Å²) in [6.45, 7) is 19.1. The summed E-state index contributed by atoms with van der Waals surface area (Å²) in [5.41, 5.74) is 4.23. The van der Waals surface area contributed by atoms with Gasteiger partial charge in [-0.15, -0.1) is 0 Å². The van der Waals surface area contributed by atoms with E-state index in [-0.39, 0.29) is 40.3 Å². The minimum Gasteiger partial charge on any atom is -0.458 e. The normalized spacial score (nSPS) is 38.4. The monoisotopic (exact) mass is 493 g/mol. The third-order valence-electron chi connectivity index (χ3n) is 10.5. The van der Waals surface area contributed by atoms with Crippen LogP contribution in [0.1, 0.15) is 72.3 Å². The van der Waals surface area contributed by atoms with E-state index < -0.39 is 5.79 Å². The lowest BCUT2D eigenvalue weighted by molar-refractivity contribution is -0.362. The Labute approximate surface area is 216 Å². The van der Waals surface area contributed by atoms with Crippen LogP contribution in [0.25, 0.3) is 0 Å². The number of benzene rings is 1. The van der Waals surface area contributed by atoms with E-state index in [1.54, 1.807) is 0 Å². The summed E-state index contributed by atoms with van der Waals surface area (Å²) in [4.78, 5) is 12.7. The Bertz CT molecular complexity index is 1070. The molecule has 0 bridgehead atoms. The summed E-state index contributed by atoms with van der Waals surface area (Å²) in [7, 11) is 0. The van der Waals surface area contributed by atoms with Gasteiger partial charge in [0.1, 0.15) is 6.61 Å². The SMILES string of the molecule is C=C1CC[C@@]2(C)[C@@](C)(CC[C@H]3OC(C)(C)OC[C@]32C)[C@@H]1CC(Nc1ccc(C)cc1)C1=CCOC1=O. The number of aryl methyl sites for hydroxylation is 1. The average Bonchev–Trinajstić information content (AvgIpc) is 3.25. The molecule has 5 rings (SSSR count). The van der Waals surface area contributed by atoms with E-state index in [1.807, 2.05) is 19.9 Å². The molecule has 196 valence electrons. The number of hydrogen-bond acceptors (Lipinski definition) is 5. The van der Waals surface area contributed by atoms with Crippen molar-refractivity contribution in [3.63, 3.8) is 0 Å². The fourth-order valence-corrected chi connectivity index (χ4v) is 7.78. The maximum absolute atomic E-state index is 12.7. The van der Waals surface area contributed by atoms with Crippen LogP contribution in [0.5, 0.6) is 0 Å². The molecular weight excluding hydrogens is 450 g/mol. The lowest BCUT2D eigenvalue weighted by atomic mass is 9.38. The van der Waals surface area contributed by atoms with Crippen molar-refractivity contribution in [2.75, 3.05) is 18.5 Å². The topological polar surface area (TPSA) is 56.8 Å². The molecule has 5 heteroatoms. The Morgan fingerprint density at radius 2 is 1.81 bits per heavy atom. The number of anilines is 1. The van der Waals surface area contributed by atoms with Crippen molar-refractivity contribution in [2.45, 2.75) is 91.6 Å². The van der Waals surface area contributed by atoms with E-state index in [0.717, 1.165) is 43.4 Å². The van der Waals surface area contributed by atoms with Crippen molar-refractivity contribution >= 4 is 11.7 Å². The molecule has 1 saturated heterocycles. The first kappa shape index (κ1) is 25.5. The first-order valence-corrected chi connectivity index (χ1v) is 13.6. The van der Waals surface area contributed by atoms with E-state index >= 15 is 0 Å². The molecule has 1 N–H and O–H groups in total. The highest BCUT2D eigenvalue weighted by atomic mass is 16.7. The number of allylic oxidation sites excluding steroid dienone is 1. The van der Waals surface area contributed by atoms with Crippen LogP contribution in [0, 0.1) is 29.1 Å². The van der Waals surface area contributed by atoms with Crippen LogP contribution in [0.15, 0.2) is 48.1 Å². The zero-order chi connectivity index (χ0) is 25.9. The molecule has 1 aromatic rings. The second-order valence-electron chi connectivity index (χ2n) is 12.8. The van der Waals surface area contributed by atoms with Gasteiger partial charge in [0, 0.05) is 11.1 Å². The van der Waals surface area contributed by atoms with Crippen molar-refractivity contribution in [3.8, 4) is 0 Å². The summed E-state index contributed by atoms with van der Waals surface area (Å²) in [6, 6.07) is 8.26. The molecule has 0 radical (unpaired) electrons. The van der Waals surface area contributed by atoms with Gasteiger partial charge in [-0.25, -0.2) is 4.79 Å². The fraction of sp³-hybridized carbons (Fsp3) is 0.645. The molecule has 2 heterocycles. The Morgan fingerprint density at radius 3 is 2.47 bits per heavy atom. The van der Waals surface area contributed by atoms with E-state index in [9.17, 15) is 4.79 Å². The maximum atomic E-state index is 12.7.